The molecule has 1 aliphatic heterocycles. The summed E-state index contributed by atoms with van der Waals surface area (Å²) >= 11 is 5.85. The van der Waals surface area contributed by atoms with Gasteiger partial charge in [-0.05, 0) is 60.8 Å². The van der Waals surface area contributed by atoms with Gasteiger partial charge in [0.15, 0.2) is 16.6 Å². The highest BCUT2D eigenvalue weighted by Crippen LogP contribution is 2.36. The first-order chi connectivity index (χ1) is 13.2. The molecular weight excluding hydrogens is 358 g/mol. The Morgan fingerprint density at radius 2 is 1.93 bits per heavy atom. The molecule has 0 spiro atoms. The highest BCUT2D eigenvalue weighted by molar-refractivity contribution is 7.80. The molecule has 0 amide bonds. The molecular formula is C21H25N3O2S. The third-order valence-corrected chi connectivity index (χ3v) is 5.76. The number of rotatable bonds is 4. The fourth-order valence-corrected chi connectivity index (χ4v) is 4.09. The summed E-state index contributed by atoms with van der Waals surface area (Å²) in [6.07, 6.45) is 8.63. The number of aromatic nitrogens is 1. The Morgan fingerprint density at radius 3 is 2.74 bits per heavy atom. The van der Waals surface area contributed by atoms with Crippen LogP contribution in [-0.2, 0) is 6.54 Å². The van der Waals surface area contributed by atoms with Gasteiger partial charge in [0, 0.05) is 30.2 Å². The van der Waals surface area contributed by atoms with Gasteiger partial charge >= 0.3 is 0 Å². The maximum atomic E-state index is 5.85. The number of benzene rings is 1. The lowest BCUT2D eigenvalue weighted by Gasteiger charge is -2.34. The van der Waals surface area contributed by atoms with Gasteiger partial charge in [-0.15, -0.1) is 0 Å². The average molecular weight is 384 g/mol. The van der Waals surface area contributed by atoms with Gasteiger partial charge in [0.2, 0.25) is 6.79 Å². The predicted octanol–water partition coefficient (Wildman–Crippen LogP) is 4.27. The number of pyridine rings is 1. The third-order valence-electron chi connectivity index (χ3n) is 5.42. The lowest BCUT2D eigenvalue weighted by atomic mass is 9.86. The molecule has 5 nitrogen and oxygen atoms in total. The maximum Gasteiger partial charge on any atom is 0.231 e. The standard InChI is InChI=1S/C21H25N3O2S/c1-15-4-2-3-5-18(15)23-21(27)24(13-16-8-10-22-11-9-16)17-6-7-19-20(12-17)26-14-25-19/h6-12,15,18H,2-5,13-14H2,1H3,(H,23,27)/t15-,18-/m0/s1. The summed E-state index contributed by atoms with van der Waals surface area (Å²) in [4.78, 5) is 6.25. The normalized spacial score (nSPS) is 20.9. The largest absolute Gasteiger partial charge is 0.454 e. The van der Waals surface area contributed by atoms with Crippen molar-refractivity contribution in [2.24, 2.45) is 5.92 Å². The van der Waals surface area contributed by atoms with Crippen LogP contribution in [0.2, 0.25) is 0 Å². The Bertz CT molecular complexity index is 799. The Balaban J connectivity index is 1.58. The quantitative estimate of drug-likeness (QED) is 0.796. The fraction of sp³-hybridized carbons (Fsp3) is 0.429. The number of nitrogens with zero attached hydrogens (tertiary/aromatic N) is 2. The summed E-state index contributed by atoms with van der Waals surface area (Å²) in [7, 11) is 0. The Kier molecular flexibility index (Phi) is 5.43. The predicted molar refractivity (Wildman–Crippen MR) is 110 cm³/mol. The zero-order valence-corrected chi connectivity index (χ0v) is 16.4. The Morgan fingerprint density at radius 1 is 1.15 bits per heavy atom. The van der Waals surface area contributed by atoms with Crippen LogP contribution >= 0.6 is 12.2 Å². The van der Waals surface area contributed by atoms with Crippen LogP contribution in [0.3, 0.4) is 0 Å². The van der Waals surface area contributed by atoms with Crippen molar-refractivity contribution >= 4 is 23.0 Å². The van der Waals surface area contributed by atoms with Crippen molar-refractivity contribution < 1.29 is 9.47 Å². The molecule has 1 aromatic heterocycles. The molecule has 2 aromatic rings. The fourth-order valence-electron chi connectivity index (χ4n) is 3.77. The van der Waals surface area contributed by atoms with E-state index in [2.05, 4.69) is 22.1 Å². The first kappa shape index (κ1) is 18.0. The molecule has 2 aliphatic rings. The SMILES string of the molecule is C[C@H]1CCCC[C@@H]1NC(=S)N(Cc1ccncc1)c1ccc2c(c1)OCO2. The van der Waals surface area contributed by atoms with Crippen LogP contribution in [0.15, 0.2) is 42.7 Å². The molecule has 1 N–H and O–H groups in total. The molecule has 0 unspecified atom stereocenters. The van der Waals surface area contributed by atoms with Crippen LogP contribution in [0.25, 0.3) is 0 Å². The van der Waals surface area contributed by atoms with E-state index in [-0.39, 0.29) is 6.79 Å². The van der Waals surface area contributed by atoms with E-state index < -0.39 is 0 Å². The molecule has 1 saturated carbocycles. The van der Waals surface area contributed by atoms with Gasteiger partial charge in [0.05, 0.1) is 6.54 Å². The van der Waals surface area contributed by atoms with Crippen molar-refractivity contribution in [1.82, 2.24) is 10.3 Å². The first-order valence-electron chi connectivity index (χ1n) is 9.57. The minimum Gasteiger partial charge on any atom is -0.454 e. The van der Waals surface area contributed by atoms with Crippen molar-refractivity contribution in [3.05, 3.63) is 48.3 Å². The Hall–Kier alpha value is -2.34. The molecule has 1 aliphatic carbocycles. The monoisotopic (exact) mass is 383 g/mol. The van der Waals surface area contributed by atoms with Gasteiger partial charge in [-0.1, -0.05) is 19.8 Å². The zero-order valence-electron chi connectivity index (χ0n) is 15.6. The van der Waals surface area contributed by atoms with Gasteiger partial charge in [-0.25, -0.2) is 0 Å². The van der Waals surface area contributed by atoms with Crippen LogP contribution in [0, 0.1) is 5.92 Å². The van der Waals surface area contributed by atoms with E-state index in [1.54, 1.807) is 0 Å². The molecule has 142 valence electrons. The van der Waals surface area contributed by atoms with Crippen LogP contribution in [0.5, 0.6) is 11.5 Å². The van der Waals surface area contributed by atoms with E-state index in [4.69, 9.17) is 21.7 Å². The lowest BCUT2D eigenvalue weighted by Crippen LogP contribution is -2.47. The van der Waals surface area contributed by atoms with Gasteiger partial charge < -0.3 is 19.7 Å². The first-order valence-corrected chi connectivity index (χ1v) is 9.98. The number of hydrogen-bond donors (Lipinski definition) is 1. The molecule has 27 heavy (non-hydrogen) atoms. The molecule has 6 heteroatoms. The minimum absolute atomic E-state index is 0.269. The maximum absolute atomic E-state index is 5.85. The second-order valence-electron chi connectivity index (χ2n) is 7.30. The van der Waals surface area contributed by atoms with E-state index in [1.807, 2.05) is 42.7 Å². The van der Waals surface area contributed by atoms with Crippen molar-refractivity contribution in [3.8, 4) is 11.5 Å². The molecule has 2 atom stereocenters. The molecule has 2 heterocycles. The van der Waals surface area contributed by atoms with Gasteiger partial charge in [-0.3, -0.25) is 4.98 Å². The molecule has 1 aromatic carbocycles. The summed E-state index contributed by atoms with van der Waals surface area (Å²) in [5.74, 6) is 2.18. The second kappa shape index (κ2) is 8.13. The van der Waals surface area contributed by atoms with E-state index in [0.29, 0.717) is 18.5 Å². The molecule has 1 fully saturated rings. The number of fused-ring (bicyclic) bond motifs is 1. The van der Waals surface area contributed by atoms with Crippen molar-refractivity contribution in [3.63, 3.8) is 0 Å². The molecule has 0 bridgehead atoms. The van der Waals surface area contributed by atoms with E-state index in [1.165, 1.54) is 25.7 Å². The minimum atomic E-state index is 0.269. The summed E-state index contributed by atoms with van der Waals surface area (Å²) < 4.78 is 11.0. The van der Waals surface area contributed by atoms with Gasteiger partial charge in [0.1, 0.15) is 0 Å². The topological polar surface area (TPSA) is 46.6 Å². The average Bonchev–Trinajstić information content (AvgIpc) is 3.16. The molecule has 0 radical (unpaired) electrons. The third kappa shape index (κ3) is 4.16. The molecule has 4 rings (SSSR count). The van der Waals surface area contributed by atoms with Crippen molar-refractivity contribution in [1.29, 1.82) is 0 Å². The lowest BCUT2D eigenvalue weighted by molar-refractivity contribution is 0.174. The summed E-state index contributed by atoms with van der Waals surface area (Å²) in [6.45, 7) is 3.26. The van der Waals surface area contributed by atoms with Gasteiger partial charge in [0.25, 0.3) is 0 Å². The number of anilines is 1. The number of ether oxygens (including phenoxy) is 2. The summed E-state index contributed by atoms with van der Waals surface area (Å²) in [5.41, 5.74) is 2.15. The highest BCUT2D eigenvalue weighted by atomic mass is 32.1. The van der Waals surface area contributed by atoms with Gasteiger partial charge in [-0.2, -0.15) is 0 Å². The zero-order chi connectivity index (χ0) is 18.6. The van der Waals surface area contributed by atoms with E-state index >= 15 is 0 Å². The number of thiocarbonyl (C=S) groups is 1. The highest BCUT2D eigenvalue weighted by Gasteiger charge is 2.25. The van der Waals surface area contributed by atoms with Crippen LogP contribution in [0.1, 0.15) is 38.2 Å². The summed E-state index contributed by atoms with van der Waals surface area (Å²) in [5, 5.41) is 4.38. The van der Waals surface area contributed by atoms with Crippen molar-refractivity contribution in [2.45, 2.75) is 45.2 Å². The van der Waals surface area contributed by atoms with E-state index in [0.717, 1.165) is 27.9 Å². The van der Waals surface area contributed by atoms with Crippen LogP contribution in [0.4, 0.5) is 5.69 Å². The number of hydrogen-bond acceptors (Lipinski definition) is 4. The van der Waals surface area contributed by atoms with Crippen molar-refractivity contribution in [2.75, 3.05) is 11.7 Å². The second-order valence-corrected chi connectivity index (χ2v) is 7.68. The van der Waals surface area contributed by atoms with E-state index in [9.17, 15) is 0 Å². The smallest absolute Gasteiger partial charge is 0.231 e. The molecule has 0 saturated heterocycles. The van der Waals surface area contributed by atoms with Crippen LogP contribution in [-0.4, -0.2) is 22.9 Å². The van der Waals surface area contributed by atoms with Crippen LogP contribution < -0.4 is 19.7 Å². The summed E-state index contributed by atoms with van der Waals surface area (Å²) in [6, 6.07) is 10.5. The Labute approximate surface area is 165 Å². The number of nitrogens with one attached hydrogen (secondary N) is 1.